The Morgan fingerprint density at radius 1 is 0.867 bits per heavy atom. The van der Waals surface area contributed by atoms with Crippen molar-refractivity contribution in [2.45, 2.75) is 49.1 Å². The molecule has 0 spiro atoms. The number of hydrogen-bond donors (Lipinski definition) is 1. The van der Waals surface area contributed by atoms with Crippen molar-refractivity contribution in [2.75, 3.05) is 23.7 Å². The number of carbonyl (C=O) groups excluding carboxylic acids is 2. The minimum atomic E-state index is -4.16. The van der Waals surface area contributed by atoms with Gasteiger partial charge in [-0.25, -0.2) is 8.42 Å². The first-order valence-electron chi connectivity index (χ1n) is 14.7. The fraction of sp³-hybridized carbons (Fsp3) is 0.257. The molecule has 1 N–H and O–H groups in total. The number of anilines is 1. The van der Waals surface area contributed by atoms with Crippen LogP contribution in [0.5, 0.6) is 0 Å². The lowest BCUT2D eigenvalue weighted by Gasteiger charge is -2.34. The number of aryl methyl sites for hydroxylation is 1. The van der Waals surface area contributed by atoms with Gasteiger partial charge in [0, 0.05) is 29.4 Å². The molecule has 0 heterocycles. The van der Waals surface area contributed by atoms with Crippen LogP contribution in [0, 0.1) is 6.92 Å². The lowest BCUT2D eigenvalue weighted by Crippen LogP contribution is -2.53. The number of carbonyl (C=O) groups is 2. The van der Waals surface area contributed by atoms with Crippen molar-refractivity contribution in [3.8, 4) is 0 Å². The van der Waals surface area contributed by atoms with E-state index in [1.807, 2.05) is 50.4 Å². The van der Waals surface area contributed by atoms with Crippen LogP contribution in [0.15, 0.2) is 113 Å². The molecular formula is C35H38ClN3O4S2. The number of sulfonamides is 1. The van der Waals surface area contributed by atoms with E-state index in [0.29, 0.717) is 17.3 Å². The number of hydrogen-bond acceptors (Lipinski definition) is 5. The minimum absolute atomic E-state index is 0.0689. The van der Waals surface area contributed by atoms with Gasteiger partial charge in [-0.2, -0.15) is 0 Å². The molecular weight excluding hydrogens is 626 g/mol. The van der Waals surface area contributed by atoms with E-state index in [2.05, 4.69) is 5.32 Å². The van der Waals surface area contributed by atoms with Crippen molar-refractivity contribution in [3.05, 3.63) is 125 Å². The van der Waals surface area contributed by atoms with Crippen molar-refractivity contribution >= 4 is 50.9 Å². The summed E-state index contributed by atoms with van der Waals surface area (Å²) in [5.41, 5.74) is 2.93. The Hall–Kier alpha value is -3.79. The van der Waals surface area contributed by atoms with E-state index in [9.17, 15) is 18.0 Å². The molecule has 0 aliphatic heterocycles. The maximum atomic E-state index is 14.5. The van der Waals surface area contributed by atoms with Gasteiger partial charge in [0.2, 0.25) is 11.8 Å². The molecule has 7 nitrogen and oxygen atoms in total. The summed E-state index contributed by atoms with van der Waals surface area (Å²) in [4.78, 5) is 30.6. The van der Waals surface area contributed by atoms with Crippen molar-refractivity contribution in [1.29, 1.82) is 0 Å². The van der Waals surface area contributed by atoms with Crippen LogP contribution in [0.1, 0.15) is 30.0 Å². The summed E-state index contributed by atoms with van der Waals surface area (Å²) < 4.78 is 29.4. The quantitative estimate of drug-likeness (QED) is 0.151. The lowest BCUT2D eigenvalue weighted by atomic mass is 10.0. The third-order valence-corrected chi connectivity index (χ3v) is 10.1. The first-order chi connectivity index (χ1) is 21.6. The highest BCUT2D eigenvalue weighted by atomic mass is 35.5. The van der Waals surface area contributed by atoms with E-state index in [4.69, 9.17) is 11.6 Å². The number of halogens is 1. The summed E-state index contributed by atoms with van der Waals surface area (Å²) in [5, 5.41) is 3.50. The Labute approximate surface area is 275 Å². The van der Waals surface area contributed by atoms with Gasteiger partial charge in [-0.3, -0.25) is 13.9 Å². The molecule has 0 unspecified atom stereocenters. The Kier molecular flexibility index (Phi) is 12.1. The highest BCUT2D eigenvalue weighted by Gasteiger charge is 2.34. The predicted octanol–water partition coefficient (Wildman–Crippen LogP) is 6.73. The van der Waals surface area contributed by atoms with Gasteiger partial charge in [-0.05, 0) is 79.3 Å². The molecule has 4 rings (SSSR count). The molecule has 10 heteroatoms. The summed E-state index contributed by atoms with van der Waals surface area (Å²) in [5.74, 6) is -0.817. The van der Waals surface area contributed by atoms with Crippen LogP contribution >= 0.6 is 23.4 Å². The van der Waals surface area contributed by atoms with Crippen molar-refractivity contribution < 1.29 is 18.0 Å². The second-order valence-corrected chi connectivity index (χ2v) is 13.8. The summed E-state index contributed by atoms with van der Waals surface area (Å²) in [6, 6.07) is 29.2. The SMILES string of the molecule is CCCNC(=O)[C@H](Cc1ccccc1)N(Cc1ccc(Cl)cc1)C(=O)CN(c1ccc(C)cc1)S(=O)(=O)c1ccc(SC)cc1. The average Bonchev–Trinajstić information content (AvgIpc) is 3.05. The highest BCUT2D eigenvalue weighted by Crippen LogP contribution is 2.27. The van der Waals surface area contributed by atoms with Crippen LogP contribution < -0.4 is 9.62 Å². The molecule has 4 aromatic carbocycles. The second-order valence-electron chi connectivity index (χ2n) is 10.7. The average molecular weight is 664 g/mol. The van der Waals surface area contributed by atoms with Crippen LogP contribution in [0.3, 0.4) is 0 Å². The normalized spacial score (nSPS) is 11.9. The number of nitrogens with zero attached hydrogens (tertiary/aromatic N) is 2. The molecule has 2 amide bonds. The number of nitrogens with one attached hydrogen (secondary N) is 1. The smallest absolute Gasteiger partial charge is 0.264 e. The molecule has 0 aliphatic carbocycles. The Balaban J connectivity index is 1.78. The third kappa shape index (κ3) is 9.12. The third-order valence-electron chi connectivity index (χ3n) is 7.33. The second kappa shape index (κ2) is 16.0. The highest BCUT2D eigenvalue weighted by molar-refractivity contribution is 7.98. The zero-order valence-electron chi connectivity index (χ0n) is 25.6. The van der Waals surface area contributed by atoms with Gasteiger partial charge in [0.1, 0.15) is 12.6 Å². The van der Waals surface area contributed by atoms with E-state index >= 15 is 0 Å². The van der Waals surface area contributed by atoms with Crippen LogP contribution in [0.25, 0.3) is 0 Å². The van der Waals surface area contributed by atoms with Crippen molar-refractivity contribution in [1.82, 2.24) is 10.2 Å². The monoisotopic (exact) mass is 663 g/mol. The number of thioether (sulfide) groups is 1. The van der Waals surface area contributed by atoms with E-state index in [-0.39, 0.29) is 23.8 Å². The van der Waals surface area contributed by atoms with E-state index in [0.717, 1.165) is 32.3 Å². The van der Waals surface area contributed by atoms with Crippen LogP contribution in [0.2, 0.25) is 5.02 Å². The van der Waals surface area contributed by atoms with Gasteiger partial charge < -0.3 is 10.2 Å². The van der Waals surface area contributed by atoms with E-state index in [1.54, 1.807) is 72.8 Å². The summed E-state index contributed by atoms with van der Waals surface area (Å²) >= 11 is 7.65. The lowest BCUT2D eigenvalue weighted by molar-refractivity contribution is -0.140. The summed E-state index contributed by atoms with van der Waals surface area (Å²) in [6.45, 7) is 3.89. The molecule has 0 aliphatic rings. The molecule has 0 saturated heterocycles. The van der Waals surface area contributed by atoms with Crippen LogP contribution in [0.4, 0.5) is 5.69 Å². The maximum absolute atomic E-state index is 14.5. The largest absolute Gasteiger partial charge is 0.354 e. The molecule has 0 radical (unpaired) electrons. The fourth-order valence-electron chi connectivity index (χ4n) is 4.82. The first kappa shape index (κ1) is 34.1. The van der Waals surface area contributed by atoms with E-state index in [1.165, 1.54) is 16.7 Å². The molecule has 0 bridgehead atoms. The van der Waals surface area contributed by atoms with Gasteiger partial charge in [0.05, 0.1) is 10.6 Å². The zero-order valence-corrected chi connectivity index (χ0v) is 28.0. The van der Waals surface area contributed by atoms with Crippen LogP contribution in [-0.4, -0.2) is 50.5 Å². The molecule has 4 aromatic rings. The topological polar surface area (TPSA) is 86.8 Å². The Bertz CT molecular complexity index is 1670. The van der Waals surface area contributed by atoms with Gasteiger partial charge in [0.15, 0.2) is 0 Å². The fourth-order valence-corrected chi connectivity index (χ4v) is 6.77. The number of amides is 2. The predicted molar refractivity (Wildman–Crippen MR) is 183 cm³/mol. The van der Waals surface area contributed by atoms with Gasteiger partial charge >= 0.3 is 0 Å². The molecule has 45 heavy (non-hydrogen) atoms. The van der Waals surface area contributed by atoms with Gasteiger partial charge in [0.25, 0.3) is 10.0 Å². The number of benzene rings is 4. The Morgan fingerprint density at radius 3 is 2.11 bits per heavy atom. The zero-order chi connectivity index (χ0) is 32.4. The van der Waals surface area contributed by atoms with Crippen molar-refractivity contribution in [2.24, 2.45) is 0 Å². The summed E-state index contributed by atoms with van der Waals surface area (Å²) in [6.07, 6.45) is 2.89. The molecule has 1 atom stereocenters. The number of rotatable bonds is 14. The molecule has 0 aromatic heterocycles. The molecule has 0 fully saturated rings. The molecule has 0 saturated carbocycles. The standard InChI is InChI=1S/C35H38ClN3O4S2/c1-4-22-37-35(41)33(23-27-8-6-5-7-9-27)38(24-28-12-14-29(36)15-13-28)34(40)25-39(30-16-10-26(2)11-17-30)45(42,43)32-20-18-31(44-3)19-21-32/h5-21,33H,4,22-25H2,1-3H3,(H,37,41)/t33-/m0/s1. The summed E-state index contributed by atoms with van der Waals surface area (Å²) in [7, 11) is -4.16. The van der Waals surface area contributed by atoms with Crippen molar-refractivity contribution in [3.63, 3.8) is 0 Å². The van der Waals surface area contributed by atoms with Gasteiger partial charge in [-0.15, -0.1) is 11.8 Å². The van der Waals surface area contributed by atoms with Crippen LogP contribution in [-0.2, 0) is 32.6 Å². The first-order valence-corrected chi connectivity index (χ1v) is 17.8. The maximum Gasteiger partial charge on any atom is 0.264 e. The Morgan fingerprint density at radius 2 is 1.51 bits per heavy atom. The minimum Gasteiger partial charge on any atom is -0.354 e. The van der Waals surface area contributed by atoms with Gasteiger partial charge in [-0.1, -0.05) is 78.7 Å². The molecule has 236 valence electrons. The van der Waals surface area contributed by atoms with E-state index < -0.39 is 28.5 Å².